The van der Waals surface area contributed by atoms with E-state index in [0.717, 1.165) is 19.3 Å². The van der Waals surface area contributed by atoms with Gasteiger partial charge in [0.15, 0.2) is 11.6 Å². The normalized spacial score (nSPS) is 45.1. The first-order valence-corrected chi connectivity index (χ1v) is 21.2. The number of ketones is 2. The maximum absolute atomic E-state index is 13.5. The van der Waals surface area contributed by atoms with Gasteiger partial charge in [-0.15, -0.1) is 0 Å². The van der Waals surface area contributed by atoms with E-state index in [-0.39, 0.29) is 35.9 Å². The average Bonchev–Trinajstić information content (AvgIpc) is 3.16. The molecule has 2 saturated heterocycles. The van der Waals surface area contributed by atoms with Crippen molar-refractivity contribution in [1.29, 1.82) is 0 Å². The zero-order valence-electron chi connectivity index (χ0n) is 35.8. The Kier molecular flexibility index (Phi) is 17.7. The molecule has 0 aromatic carbocycles. The van der Waals surface area contributed by atoms with Crippen LogP contribution in [-0.4, -0.2) is 97.2 Å². The SMILES string of the molecule is CCC1C=CC=CC[C@H](C)[C@@H](O)[C@](C)(O)C(=O)[C@@H](C)[C@H](O)[C@@H](C)C(=O)[C@H](C)[C@@H](O)[C@H](C)C=CC(=O)OC2[C@@H](C)C(CC1)OC1(CC[C@@H](C)C(C[C@H](C)O)O1)[C@H]2C. The summed E-state index contributed by atoms with van der Waals surface area (Å²) in [5.74, 6) is -7.28. The van der Waals surface area contributed by atoms with Crippen LogP contribution >= 0.6 is 0 Å². The molecule has 0 aromatic heterocycles. The fraction of sp³-hybridized carbons (Fsp3) is 0.800. The van der Waals surface area contributed by atoms with E-state index in [1.807, 2.05) is 32.1 Å². The lowest BCUT2D eigenvalue weighted by molar-refractivity contribution is -0.371. The molecule has 2 fully saturated rings. The van der Waals surface area contributed by atoms with Crippen LogP contribution in [0.3, 0.4) is 0 Å². The monoisotopic (exact) mass is 791 g/mol. The Morgan fingerprint density at radius 2 is 1.48 bits per heavy atom. The predicted octanol–water partition coefficient (Wildman–Crippen LogP) is 5.88. The second-order valence-electron chi connectivity index (χ2n) is 18.0. The molecule has 5 N–H and O–H groups in total. The first-order chi connectivity index (χ1) is 26.1. The fourth-order valence-corrected chi connectivity index (χ4v) is 9.01. The molecule has 0 radical (unpaired) electrons. The lowest BCUT2D eigenvalue weighted by Gasteiger charge is -2.55. The van der Waals surface area contributed by atoms with Gasteiger partial charge in [0.2, 0.25) is 0 Å². The summed E-state index contributed by atoms with van der Waals surface area (Å²) in [5, 5.41) is 55.0. The van der Waals surface area contributed by atoms with E-state index in [1.165, 1.54) is 39.8 Å². The van der Waals surface area contributed by atoms with Crippen LogP contribution in [0.1, 0.15) is 121 Å². The molecule has 320 valence electrons. The Morgan fingerprint density at radius 3 is 2.11 bits per heavy atom. The Bertz CT molecular complexity index is 1390. The highest BCUT2D eigenvalue weighted by Gasteiger charge is 2.56. The number of hydrogen-bond donors (Lipinski definition) is 5. The van der Waals surface area contributed by atoms with Gasteiger partial charge in [-0.25, -0.2) is 4.79 Å². The van der Waals surface area contributed by atoms with Crippen LogP contribution in [0, 0.1) is 53.3 Å². The zero-order chi connectivity index (χ0) is 42.3. The molecule has 0 amide bonds. The Balaban J connectivity index is 1.99. The number of fused-ring (bicyclic) bond motifs is 2. The van der Waals surface area contributed by atoms with E-state index in [1.54, 1.807) is 20.8 Å². The van der Waals surface area contributed by atoms with Crippen LogP contribution in [0.15, 0.2) is 36.5 Å². The number of allylic oxidation sites excluding steroid dienone is 4. The van der Waals surface area contributed by atoms with Crippen LogP contribution < -0.4 is 0 Å². The molecule has 11 nitrogen and oxygen atoms in total. The number of carbonyl (C=O) groups is 3. The maximum Gasteiger partial charge on any atom is 0.330 e. The minimum Gasteiger partial charge on any atom is -0.458 e. The Morgan fingerprint density at radius 1 is 0.839 bits per heavy atom. The van der Waals surface area contributed by atoms with Crippen molar-refractivity contribution >= 4 is 17.5 Å². The molecule has 56 heavy (non-hydrogen) atoms. The van der Waals surface area contributed by atoms with Gasteiger partial charge in [-0.2, -0.15) is 0 Å². The second-order valence-corrected chi connectivity index (χ2v) is 18.0. The van der Waals surface area contributed by atoms with Crippen molar-refractivity contribution in [1.82, 2.24) is 0 Å². The van der Waals surface area contributed by atoms with Gasteiger partial charge in [-0.05, 0) is 70.1 Å². The highest BCUT2D eigenvalue weighted by molar-refractivity contribution is 5.91. The summed E-state index contributed by atoms with van der Waals surface area (Å²) in [4.78, 5) is 40.5. The number of esters is 1. The molecule has 3 heterocycles. The molecule has 2 bridgehead atoms. The van der Waals surface area contributed by atoms with Gasteiger partial charge in [0, 0.05) is 48.0 Å². The van der Waals surface area contributed by atoms with Crippen molar-refractivity contribution in [2.24, 2.45) is 53.3 Å². The topological polar surface area (TPSA) is 180 Å². The van der Waals surface area contributed by atoms with E-state index in [4.69, 9.17) is 14.2 Å². The molecule has 0 aliphatic carbocycles. The van der Waals surface area contributed by atoms with Gasteiger partial charge in [-0.1, -0.05) is 92.7 Å². The number of Topliss-reactive ketones (excluding diaryl/α,β-unsaturated/α-hetero) is 2. The van der Waals surface area contributed by atoms with Crippen molar-refractivity contribution < 1.29 is 54.1 Å². The molecule has 3 rings (SSSR count). The number of rotatable bonds is 3. The Labute approximate surface area is 336 Å². The average molecular weight is 791 g/mol. The van der Waals surface area contributed by atoms with Gasteiger partial charge in [-0.3, -0.25) is 9.59 Å². The lowest BCUT2D eigenvalue weighted by atomic mass is 9.74. The summed E-state index contributed by atoms with van der Waals surface area (Å²) >= 11 is 0. The minimum atomic E-state index is -2.18. The standard InChI is InChI=1S/C45H74O11/c1-12-34-17-15-13-14-16-27(4)42(51)44(11,53)43(52)32(9)40(50)31(8)39(49)30(7)38(48)26(3)18-21-37(47)54-41-29(6)35(20-19-34)55-45(33(41)10)23-22-25(2)36(56-45)24-28(5)46/h13-15,17-18,21,25-36,38,40-42,46,48,50-51,53H,12,16,19-20,22-24H2,1-11H3/t25-,26-,27+,28+,29+,30-,31+,32+,33+,34?,35?,36?,38+,40-,41?,42-,44+,45?/m1/s1. The summed E-state index contributed by atoms with van der Waals surface area (Å²) < 4.78 is 20.0. The molecule has 5 unspecified atom stereocenters. The fourth-order valence-electron chi connectivity index (χ4n) is 9.01. The first kappa shape index (κ1) is 48.1. The largest absolute Gasteiger partial charge is 0.458 e. The van der Waals surface area contributed by atoms with Crippen LogP contribution in [-0.2, 0) is 28.6 Å². The van der Waals surface area contributed by atoms with E-state index < -0.39 is 89.0 Å². The molecule has 0 saturated carbocycles. The van der Waals surface area contributed by atoms with Gasteiger partial charge in [0.05, 0.1) is 36.6 Å². The van der Waals surface area contributed by atoms with Crippen LogP contribution in [0.25, 0.3) is 0 Å². The van der Waals surface area contributed by atoms with E-state index in [9.17, 15) is 39.9 Å². The molecule has 1 spiro atoms. The summed E-state index contributed by atoms with van der Waals surface area (Å²) in [5.41, 5.74) is -2.18. The number of aliphatic hydroxyl groups excluding tert-OH is 4. The third kappa shape index (κ3) is 11.5. The summed E-state index contributed by atoms with van der Waals surface area (Å²) in [7, 11) is 0. The van der Waals surface area contributed by atoms with Crippen LogP contribution in [0.4, 0.5) is 0 Å². The zero-order valence-corrected chi connectivity index (χ0v) is 35.8. The highest BCUT2D eigenvalue weighted by Crippen LogP contribution is 2.49. The maximum atomic E-state index is 13.5. The molecule has 3 aliphatic heterocycles. The number of hydrogen-bond acceptors (Lipinski definition) is 11. The summed E-state index contributed by atoms with van der Waals surface area (Å²) in [6, 6.07) is 0. The third-order valence-corrected chi connectivity index (χ3v) is 13.4. The quantitative estimate of drug-likeness (QED) is 0.216. The van der Waals surface area contributed by atoms with E-state index in [2.05, 4.69) is 19.9 Å². The van der Waals surface area contributed by atoms with Crippen molar-refractivity contribution in [3.05, 3.63) is 36.5 Å². The number of ether oxygens (including phenoxy) is 3. The number of carbonyl (C=O) groups excluding carboxylic acids is 3. The second kappa shape index (κ2) is 20.6. The molecular formula is C45H74O11. The molecule has 0 aromatic rings. The number of aliphatic hydroxyl groups is 5. The first-order valence-electron chi connectivity index (χ1n) is 21.2. The van der Waals surface area contributed by atoms with Crippen LogP contribution in [0.5, 0.6) is 0 Å². The predicted molar refractivity (Wildman–Crippen MR) is 215 cm³/mol. The van der Waals surface area contributed by atoms with Gasteiger partial charge < -0.3 is 39.7 Å². The van der Waals surface area contributed by atoms with Gasteiger partial charge >= 0.3 is 5.97 Å². The van der Waals surface area contributed by atoms with Crippen LogP contribution in [0.2, 0.25) is 0 Å². The van der Waals surface area contributed by atoms with Gasteiger partial charge in [0.1, 0.15) is 17.5 Å². The van der Waals surface area contributed by atoms with Crippen molar-refractivity contribution in [3.63, 3.8) is 0 Å². The highest BCUT2D eigenvalue weighted by atomic mass is 16.7. The molecule has 18 atom stereocenters. The van der Waals surface area contributed by atoms with Crippen molar-refractivity contribution in [2.45, 2.75) is 175 Å². The van der Waals surface area contributed by atoms with Crippen molar-refractivity contribution in [3.8, 4) is 0 Å². The summed E-state index contributed by atoms with van der Waals surface area (Å²) in [6.45, 7) is 19.1. The van der Waals surface area contributed by atoms with Gasteiger partial charge in [0.25, 0.3) is 0 Å². The smallest absolute Gasteiger partial charge is 0.330 e. The molecule has 3 aliphatic rings. The Hall–Kier alpha value is -2.25. The molecule has 11 heteroatoms. The van der Waals surface area contributed by atoms with E-state index in [0.29, 0.717) is 25.7 Å². The molecular weight excluding hydrogens is 716 g/mol. The van der Waals surface area contributed by atoms with Crippen molar-refractivity contribution in [2.75, 3.05) is 0 Å². The lowest BCUT2D eigenvalue weighted by Crippen LogP contribution is -2.62. The summed E-state index contributed by atoms with van der Waals surface area (Å²) in [6.07, 6.45) is 9.62. The minimum absolute atomic E-state index is 0.168. The van der Waals surface area contributed by atoms with E-state index >= 15 is 0 Å². The third-order valence-electron chi connectivity index (χ3n) is 13.4.